The van der Waals surface area contributed by atoms with E-state index >= 15 is 0 Å². The van der Waals surface area contributed by atoms with Gasteiger partial charge in [-0.1, -0.05) is 73.7 Å². The molecule has 11 aliphatic rings. The molecule has 0 bridgehead atoms. The number of carbonyl (C=O) groups is 1. The number of aliphatic hydroxyl groups is 1. The molecule has 23 unspecified atom stereocenters. The van der Waals surface area contributed by atoms with Gasteiger partial charge in [0.25, 0.3) is 0 Å². The average molecular weight is 1060 g/mol. The van der Waals surface area contributed by atoms with Crippen molar-refractivity contribution in [2.45, 2.75) is 264 Å². The van der Waals surface area contributed by atoms with E-state index in [1.165, 1.54) is 27.1 Å². The molecule has 0 saturated carbocycles. The van der Waals surface area contributed by atoms with Crippen molar-refractivity contribution in [2.24, 2.45) is 5.92 Å². The number of hydrogen-bond acceptors (Lipinski definition) is 13. The summed E-state index contributed by atoms with van der Waals surface area (Å²) in [4.78, 5) is 12.3. The van der Waals surface area contributed by atoms with Crippen LogP contribution in [-0.4, -0.2) is 143 Å². The van der Waals surface area contributed by atoms with Crippen molar-refractivity contribution in [1.82, 2.24) is 0 Å². The second kappa shape index (κ2) is 18.7. The van der Waals surface area contributed by atoms with Gasteiger partial charge in [0.2, 0.25) is 0 Å². The first kappa shape index (κ1) is 51.6. The molecule has 3 aromatic rings. The molecule has 11 aliphatic heterocycles. The van der Waals surface area contributed by atoms with Gasteiger partial charge in [-0.15, -0.1) is 0 Å². The Kier molecular flexibility index (Phi) is 12.6. The monoisotopic (exact) mass is 1060 g/mol. The fourth-order valence-corrected chi connectivity index (χ4v) is 16.4. The zero-order valence-electron chi connectivity index (χ0n) is 46.1. The molecule has 23 atom stereocenters. The normalized spacial score (nSPS) is 49.0. The quantitative estimate of drug-likeness (QED) is 0.151. The molecule has 0 amide bonds. The number of benzene rings is 3. The van der Waals surface area contributed by atoms with Crippen LogP contribution in [0.25, 0.3) is 21.5 Å². The molecule has 77 heavy (non-hydrogen) atoms. The van der Waals surface area contributed by atoms with Gasteiger partial charge in [0, 0.05) is 51.0 Å². The van der Waals surface area contributed by atoms with E-state index < -0.39 is 34.1 Å². The minimum Gasteiger partial charge on any atom is -0.456 e. The standard InChI is InChI=1S/C64H80O13/c1-34(20-37-15-16-40-25-38-12-9-10-13-39(38)26-41(40)24-37)21-42-27-51(65)64(8)55(67-42)29-47-48(74-64)28-46-43(68-47)14-11-18-60(4)56(71-46)33-63(7)54(75-60)31-53-61(5,77-63)19-17-44-58(73-53)35(2)22-45-50(69-44)32-62(6)52(70-45)30-49-59(76-62)36(3)23-57(66)72-49/h9-16,23-26,35,42-56,58-59,65H,1,17-22,27-33H2,2-8H3. The van der Waals surface area contributed by atoms with E-state index in [2.05, 4.69) is 108 Å². The lowest BCUT2D eigenvalue weighted by Gasteiger charge is -2.60. The smallest absolute Gasteiger partial charge is 0.331 e. The van der Waals surface area contributed by atoms with Gasteiger partial charge >= 0.3 is 5.97 Å². The Bertz CT molecular complexity index is 2880. The molecule has 1 N–H and O–H groups in total. The lowest BCUT2D eigenvalue weighted by atomic mass is 9.72. The number of ether oxygens (including phenoxy) is 11. The van der Waals surface area contributed by atoms with Crippen molar-refractivity contribution in [3.05, 3.63) is 96.1 Å². The van der Waals surface area contributed by atoms with Crippen LogP contribution < -0.4 is 0 Å². The van der Waals surface area contributed by atoms with E-state index in [0.29, 0.717) is 57.8 Å². The predicted octanol–water partition coefficient (Wildman–Crippen LogP) is 9.82. The van der Waals surface area contributed by atoms with Crippen LogP contribution in [-0.2, 0) is 63.3 Å². The van der Waals surface area contributed by atoms with Crippen molar-refractivity contribution in [2.75, 3.05) is 0 Å². The van der Waals surface area contributed by atoms with Gasteiger partial charge in [0.1, 0.15) is 23.9 Å². The first-order valence-electron chi connectivity index (χ1n) is 29.3. The summed E-state index contributed by atoms with van der Waals surface area (Å²) in [6.45, 7) is 19.5. The molecule has 9 saturated heterocycles. The summed E-state index contributed by atoms with van der Waals surface area (Å²) < 4.78 is 76.9. The number of fused-ring (bicyclic) bond motifs is 12. The summed E-state index contributed by atoms with van der Waals surface area (Å²) in [6, 6.07) is 19.7. The lowest BCUT2D eigenvalue weighted by molar-refractivity contribution is -0.356. The zero-order valence-corrected chi connectivity index (χ0v) is 46.1. The Morgan fingerprint density at radius 1 is 0.649 bits per heavy atom. The maximum atomic E-state index is 12.3. The van der Waals surface area contributed by atoms with Crippen molar-refractivity contribution in [1.29, 1.82) is 0 Å². The number of rotatable bonds is 4. The topological polar surface area (TPSA) is 139 Å². The number of carbonyl (C=O) groups excluding carboxylic acids is 1. The van der Waals surface area contributed by atoms with Crippen LogP contribution in [0.15, 0.2) is 90.6 Å². The van der Waals surface area contributed by atoms with Crippen molar-refractivity contribution >= 4 is 27.5 Å². The molecule has 0 spiro atoms. The van der Waals surface area contributed by atoms with E-state index in [1.54, 1.807) is 6.08 Å². The Morgan fingerprint density at radius 3 is 2.23 bits per heavy atom. The van der Waals surface area contributed by atoms with Crippen LogP contribution >= 0.6 is 0 Å². The summed E-state index contributed by atoms with van der Waals surface area (Å²) in [5.41, 5.74) is -0.0736. The molecule has 414 valence electrons. The van der Waals surface area contributed by atoms with E-state index in [4.69, 9.17) is 52.1 Å². The number of hydrogen-bond donors (Lipinski definition) is 1. The summed E-state index contributed by atoms with van der Waals surface area (Å²) in [5.74, 6) is -0.141. The van der Waals surface area contributed by atoms with E-state index in [-0.39, 0.29) is 110 Å². The first-order chi connectivity index (χ1) is 36.8. The molecular formula is C64H80O13. The second-order valence-corrected chi connectivity index (χ2v) is 26.7. The minimum absolute atomic E-state index is 0.116. The third kappa shape index (κ3) is 8.94. The second-order valence-electron chi connectivity index (χ2n) is 26.7. The largest absolute Gasteiger partial charge is 0.456 e. The maximum absolute atomic E-state index is 12.3. The summed E-state index contributed by atoms with van der Waals surface area (Å²) >= 11 is 0. The Labute approximate surface area is 453 Å². The highest BCUT2D eigenvalue weighted by Crippen LogP contribution is 2.55. The fourth-order valence-electron chi connectivity index (χ4n) is 16.4. The first-order valence-corrected chi connectivity index (χ1v) is 29.3. The Morgan fingerprint density at radius 2 is 1.40 bits per heavy atom. The van der Waals surface area contributed by atoms with Crippen molar-refractivity contribution in [3.8, 4) is 0 Å². The summed E-state index contributed by atoms with van der Waals surface area (Å²) in [6.07, 6.45) is 10.5. The molecule has 0 aliphatic carbocycles. The van der Waals surface area contributed by atoms with E-state index in [0.717, 1.165) is 36.8 Å². The predicted molar refractivity (Wildman–Crippen MR) is 287 cm³/mol. The average Bonchev–Trinajstić information content (AvgIpc) is 3.83. The van der Waals surface area contributed by atoms with Gasteiger partial charge in [0.15, 0.2) is 0 Å². The molecule has 13 heteroatoms. The summed E-state index contributed by atoms with van der Waals surface area (Å²) in [7, 11) is 0. The van der Waals surface area contributed by atoms with Crippen molar-refractivity contribution < 1.29 is 62.0 Å². The van der Waals surface area contributed by atoms with E-state index in [1.807, 2.05) is 13.8 Å². The summed E-state index contributed by atoms with van der Waals surface area (Å²) in [5, 5.41) is 16.9. The van der Waals surface area contributed by atoms with Crippen molar-refractivity contribution in [3.63, 3.8) is 0 Å². The Balaban J connectivity index is 0.624. The Hall–Kier alpha value is -3.57. The molecule has 13 nitrogen and oxygen atoms in total. The number of aliphatic hydroxyl groups excluding tert-OH is 1. The highest BCUT2D eigenvalue weighted by atomic mass is 16.7. The van der Waals surface area contributed by atoms with E-state index in [9.17, 15) is 9.90 Å². The van der Waals surface area contributed by atoms with Crippen LogP contribution in [0.3, 0.4) is 0 Å². The highest BCUT2D eigenvalue weighted by Gasteiger charge is 2.64. The molecule has 14 rings (SSSR count). The minimum atomic E-state index is -0.884. The zero-order chi connectivity index (χ0) is 53.0. The maximum Gasteiger partial charge on any atom is 0.331 e. The third-order valence-corrected chi connectivity index (χ3v) is 20.9. The number of esters is 1. The third-order valence-electron chi connectivity index (χ3n) is 20.9. The van der Waals surface area contributed by atoms with Gasteiger partial charge in [-0.3, -0.25) is 0 Å². The van der Waals surface area contributed by atoms with Gasteiger partial charge < -0.3 is 57.2 Å². The highest BCUT2D eigenvalue weighted by molar-refractivity contribution is 5.98. The van der Waals surface area contributed by atoms with Crippen LogP contribution in [0.2, 0.25) is 0 Å². The molecule has 0 aromatic heterocycles. The van der Waals surface area contributed by atoms with Crippen LogP contribution in [0.1, 0.15) is 131 Å². The van der Waals surface area contributed by atoms with Crippen LogP contribution in [0, 0.1) is 5.92 Å². The molecule has 11 heterocycles. The van der Waals surface area contributed by atoms with Gasteiger partial charge in [-0.2, -0.15) is 0 Å². The SMILES string of the molecule is C=C(Cc1ccc2cc3ccccc3cc2c1)CC1CC(O)C2(C)OC3CC4OC5CC6(C)OC7(C)CCC8OC9CC%10(C)OC%11C(C)=CC(=O)OC%11CC%10OC9CC(C)C8OC7CC6OC5(C)CC=CC4OC3CC2O1. The lowest BCUT2D eigenvalue weighted by Crippen LogP contribution is -2.70. The molecule has 0 radical (unpaired) electrons. The van der Waals surface area contributed by atoms with Gasteiger partial charge in [0.05, 0.1) is 108 Å². The molecule has 9 fully saturated rings. The van der Waals surface area contributed by atoms with Gasteiger partial charge in [-0.05, 0) is 131 Å². The molecule has 3 aromatic carbocycles. The fraction of sp³-hybridized carbons (Fsp3) is 0.672. The van der Waals surface area contributed by atoms with Gasteiger partial charge in [-0.25, -0.2) is 4.79 Å². The van der Waals surface area contributed by atoms with Crippen LogP contribution in [0.5, 0.6) is 0 Å². The molecular weight excluding hydrogens is 977 g/mol. The van der Waals surface area contributed by atoms with Crippen LogP contribution in [0.4, 0.5) is 0 Å².